The zero-order valence-electron chi connectivity index (χ0n) is 19.1. The van der Waals surface area contributed by atoms with E-state index in [1.165, 1.54) is 5.56 Å². The summed E-state index contributed by atoms with van der Waals surface area (Å²) in [5, 5.41) is 5.94. The van der Waals surface area contributed by atoms with E-state index in [1.54, 1.807) is 24.3 Å². The predicted molar refractivity (Wildman–Crippen MR) is 143 cm³/mol. The zero-order valence-corrected chi connectivity index (χ0v) is 20.0. The standard InChI is InChI=1S/C29H26N2O3S/c32-28(24-11-15-26(16-12-24)33-20-19-22-7-3-1-4-8-22)31-29(35)30-25-13-17-27(18-14-25)34-21-23-9-5-2-6-10-23/h1-18H,19-21H2,(H2,30,31,32,35). The molecule has 0 aliphatic heterocycles. The molecule has 0 bridgehead atoms. The third kappa shape index (κ3) is 7.69. The summed E-state index contributed by atoms with van der Waals surface area (Å²) in [5.41, 5.74) is 3.57. The summed E-state index contributed by atoms with van der Waals surface area (Å²) in [6, 6.07) is 34.5. The van der Waals surface area contributed by atoms with Gasteiger partial charge in [-0.15, -0.1) is 0 Å². The van der Waals surface area contributed by atoms with Crippen LogP contribution in [-0.4, -0.2) is 17.6 Å². The van der Waals surface area contributed by atoms with Gasteiger partial charge in [-0.2, -0.15) is 0 Å². The maximum atomic E-state index is 12.5. The lowest BCUT2D eigenvalue weighted by molar-refractivity contribution is 0.0977. The first-order chi connectivity index (χ1) is 17.2. The summed E-state index contributed by atoms with van der Waals surface area (Å²) in [4.78, 5) is 12.5. The minimum atomic E-state index is -0.291. The van der Waals surface area contributed by atoms with Gasteiger partial charge in [-0.1, -0.05) is 60.7 Å². The van der Waals surface area contributed by atoms with Crippen molar-refractivity contribution in [1.82, 2.24) is 5.32 Å². The summed E-state index contributed by atoms with van der Waals surface area (Å²) in [6.45, 7) is 1.07. The Morgan fingerprint density at radius 2 is 1.26 bits per heavy atom. The molecule has 4 rings (SSSR count). The van der Waals surface area contributed by atoms with Crippen molar-refractivity contribution in [2.24, 2.45) is 0 Å². The van der Waals surface area contributed by atoms with Crippen molar-refractivity contribution in [3.05, 3.63) is 126 Å². The highest BCUT2D eigenvalue weighted by Gasteiger charge is 2.09. The number of rotatable bonds is 9. The van der Waals surface area contributed by atoms with E-state index < -0.39 is 0 Å². The van der Waals surface area contributed by atoms with Crippen LogP contribution in [0.15, 0.2) is 109 Å². The predicted octanol–water partition coefficient (Wildman–Crippen LogP) is 6.01. The van der Waals surface area contributed by atoms with Crippen molar-refractivity contribution in [3.63, 3.8) is 0 Å². The molecule has 35 heavy (non-hydrogen) atoms. The molecule has 0 atom stereocenters. The van der Waals surface area contributed by atoms with Gasteiger partial charge in [0, 0.05) is 17.7 Å². The smallest absolute Gasteiger partial charge is 0.257 e. The van der Waals surface area contributed by atoms with E-state index in [2.05, 4.69) is 22.8 Å². The van der Waals surface area contributed by atoms with Crippen LogP contribution in [0.1, 0.15) is 21.5 Å². The highest BCUT2D eigenvalue weighted by atomic mass is 32.1. The SMILES string of the molecule is O=C(NC(=S)Nc1ccc(OCc2ccccc2)cc1)c1ccc(OCCc2ccccc2)cc1. The van der Waals surface area contributed by atoms with Gasteiger partial charge in [-0.05, 0) is 71.9 Å². The number of carbonyl (C=O) groups excluding carboxylic acids is 1. The van der Waals surface area contributed by atoms with Gasteiger partial charge in [0.25, 0.3) is 5.91 Å². The number of amides is 1. The molecule has 6 heteroatoms. The molecule has 1 amide bonds. The van der Waals surface area contributed by atoms with Gasteiger partial charge in [0.1, 0.15) is 18.1 Å². The van der Waals surface area contributed by atoms with Crippen LogP contribution in [0.25, 0.3) is 0 Å². The van der Waals surface area contributed by atoms with Crippen LogP contribution in [0, 0.1) is 0 Å². The zero-order chi connectivity index (χ0) is 24.3. The lowest BCUT2D eigenvalue weighted by Crippen LogP contribution is -2.34. The Morgan fingerprint density at radius 1 is 0.686 bits per heavy atom. The molecule has 0 aliphatic carbocycles. The Kier molecular flexibility index (Phi) is 8.46. The largest absolute Gasteiger partial charge is 0.493 e. The van der Waals surface area contributed by atoms with Crippen molar-refractivity contribution >= 4 is 28.9 Å². The molecule has 2 N–H and O–H groups in total. The van der Waals surface area contributed by atoms with Gasteiger partial charge in [-0.25, -0.2) is 0 Å². The van der Waals surface area contributed by atoms with E-state index in [4.69, 9.17) is 21.7 Å². The Labute approximate surface area is 210 Å². The van der Waals surface area contributed by atoms with E-state index >= 15 is 0 Å². The molecule has 0 saturated heterocycles. The van der Waals surface area contributed by atoms with E-state index in [0.717, 1.165) is 23.4 Å². The average molecular weight is 483 g/mol. The number of thiocarbonyl (C=S) groups is 1. The number of nitrogens with one attached hydrogen (secondary N) is 2. The Balaban J connectivity index is 1.21. The van der Waals surface area contributed by atoms with Gasteiger partial charge in [0.15, 0.2) is 5.11 Å². The van der Waals surface area contributed by atoms with Gasteiger partial charge < -0.3 is 14.8 Å². The van der Waals surface area contributed by atoms with Gasteiger partial charge in [0.2, 0.25) is 0 Å². The van der Waals surface area contributed by atoms with E-state index in [1.807, 2.05) is 72.8 Å². The monoisotopic (exact) mass is 482 g/mol. The van der Waals surface area contributed by atoms with Crippen LogP contribution in [0.3, 0.4) is 0 Å². The Bertz CT molecular complexity index is 1230. The van der Waals surface area contributed by atoms with Crippen LogP contribution >= 0.6 is 12.2 Å². The highest BCUT2D eigenvalue weighted by Crippen LogP contribution is 2.17. The number of anilines is 1. The third-order valence-corrected chi connectivity index (χ3v) is 5.41. The lowest BCUT2D eigenvalue weighted by atomic mass is 10.2. The summed E-state index contributed by atoms with van der Waals surface area (Å²) in [6.07, 6.45) is 0.823. The normalized spacial score (nSPS) is 10.3. The molecule has 0 unspecified atom stereocenters. The lowest BCUT2D eigenvalue weighted by Gasteiger charge is -2.11. The molecule has 0 radical (unpaired) electrons. The number of hydrogen-bond acceptors (Lipinski definition) is 4. The minimum Gasteiger partial charge on any atom is -0.493 e. The van der Waals surface area contributed by atoms with Crippen LogP contribution in [-0.2, 0) is 13.0 Å². The maximum absolute atomic E-state index is 12.5. The second kappa shape index (κ2) is 12.3. The average Bonchev–Trinajstić information content (AvgIpc) is 2.90. The molecule has 0 aromatic heterocycles. The van der Waals surface area contributed by atoms with Crippen molar-refractivity contribution in [1.29, 1.82) is 0 Å². The van der Waals surface area contributed by atoms with Crippen molar-refractivity contribution in [3.8, 4) is 11.5 Å². The van der Waals surface area contributed by atoms with Crippen molar-refractivity contribution in [2.45, 2.75) is 13.0 Å². The summed E-state index contributed by atoms with van der Waals surface area (Å²) >= 11 is 5.29. The molecule has 4 aromatic carbocycles. The molecule has 0 fully saturated rings. The second-order valence-electron chi connectivity index (χ2n) is 7.82. The topological polar surface area (TPSA) is 59.6 Å². The Hall–Kier alpha value is -4.16. The third-order valence-electron chi connectivity index (χ3n) is 5.21. The molecular weight excluding hydrogens is 456 g/mol. The van der Waals surface area contributed by atoms with Crippen LogP contribution in [0.2, 0.25) is 0 Å². The summed E-state index contributed by atoms with van der Waals surface area (Å²) < 4.78 is 11.6. The fraction of sp³-hybridized carbons (Fsp3) is 0.103. The molecule has 0 heterocycles. The minimum absolute atomic E-state index is 0.219. The van der Waals surface area contributed by atoms with Crippen LogP contribution in [0.4, 0.5) is 5.69 Å². The molecule has 4 aromatic rings. The molecule has 0 saturated carbocycles. The maximum Gasteiger partial charge on any atom is 0.257 e. The Morgan fingerprint density at radius 3 is 1.91 bits per heavy atom. The first kappa shape index (κ1) is 24.0. The first-order valence-corrected chi connectivity index (χ1v) is 11.7. The summed E-state index contributed by atoms with van der Waals surface area (Å²) in [5.74, 6) is 1.18. The number of ether oxygens (including phenoxy) is 2. The molecule has 0 aliphatic rings. The molecule has 176 valence electrons. The van der Waals surface area contributed by atoms with Crippen molar-refractivity contribution in [2.75, 3.05) is 11.9 Å². The van der Waals surface area contributed by atoms with Crippen molar-refractivity contribution < 1.29 is 14.3 Å². The fourth-order valence-corrected chi connectivity index (χ4v) is 3.56. The van der Waals surface area contributed by atoms with Gasteiger partial charge >= 0.3 is 0 Å². The van der Waals surface area contributed by atoms with Crippen LogP contribution in [0.5, 0.6) is 11.5 Å². The summed E-state index contributed by atoms with van der Waals surface area (Å²) in [7, 11) is 0. The van der Waals surface area contributed by atoms with E-state index in [-0.39, 0.29) is 11.0 Å². The van der Waals surface area contributed by atoms with E-state index in [0.29, 0.717) is 24.5 Å². The molecular formula is C29H26N2O3S. The molecule has 0 spiro atoms. The van der Waals surface area contributed by atoms with Crippen LogP contribution < -0.4 is 20.1 Å². The first-order valence-electron chi connectivity index (χ1n) is 11.3. The fourth-order valence-electron chi connectivity index (χ4n) is 3.35. The quantitative estimate of drug-likeness (QED) is 0.286. The van der Waals surface area contributed by atoms with Gasteiger partial charge in [-0.3, -0.25) is 10.1 Å². The highest BCUT2D eigenvalue weighted by molar-refractivity contribution is 7.80. The number of benzene rings is 4. The number of carbonyl (C=O) groups is 1. The second-order valence-corrected chi connectivity index (χ2v) is 8.22. The van der Waals surface area contributed by atoms with Gasteiger partial charge in [0.05, 0.1) is 6.61 Å². The molecule has 5 nitrogen and oxygen atoms in total. The van der Waals surface area contributed by atoms with E-state index in [9.17, 15) is 4.79 Å². The number of hydrogen-bond donors (Lipinski definition) is 2.